The zero-order valence-corrected chi connectivity index (χ0v) is 10.7. The highest BCUT2D eigenvalue weighted by Crippen LogP contribution is 2.37. The molecule has 0 heterocycles. The molecule has 0 aliphatic heterocycles. The van der Waals surface area contributed by atoms with E-state index in [0.717, 1.165) is 5.92 Å². The van der Waals surface area contributed by atoms with E-state index in [1.54, 1.807) is 0 Å². The lowest BCUT2D eigenvalue weighted by molar-refractivity contribution is 0.327. The van der Waals surface area contributed by atoms with Crippen LogP contribution in [-0.2, 0) is 0 Å². The first-order valence-electron chi connectivity index (χ1n) is 6.34. The van der Waals surface area contributed by atoms with E-state index < -0.39 is 0 Å². The first kappa shape index (κ1) is 11.7. The molecule has 88 valence electrons. The van der Waals surface area contributed by atoms with Crippen molar-refractivity contribution in [1.29, 1.82) is 0 Å². The summed E-state index contributed by atoms with van der Waals surface area (Å²) in [6.45, 7) is 6.58. The average molecular weight is 217 g/mol. The molecule has 1 aliphatic rings. The Bertz CT molecular complexity index is 341. The Morgan fingerprint density at radius 3 is 2.06 bits per heavy atom. The fourth-order valence-corrected chi connectivity index (χ4v) is 2.22. The molecular formula is C15H23N. The van der Waals surface area contributed by atoms with E-state index in [1.807, 2.05) is 0 Å². The predicted octanol–water partition coefficient (Wildman–Crippen LogP) is 4.00. The third-order valence-corrected chi connectivity index (χ3v) is 3.81. The van der Waals surface area contributed by atoms with Crippen LogP contribution in [0.3, 0.4) is 0 Å². The van der Waals surface area contributed by atoms with Crippen molar-refractivity contribution in [2.75, 3.05) is 0 Å². The zero-order chi connectivity index (χ0) is 11.8. The van der Waals surface area contributed by atoms with E-state index in [0.29, 0.717) is 0 Å². The Morgan fingerprint density at radius 2 is 1.69 bits per heavy atom. The van der Waals surface area contributed by atoms with Gasteiger partial charge in [-0.05, 0) is 35.3 Å². The van der Waals surface area contributed by atoms with Crippen LogP contribution in [0.1, 0.15) is 63.1 Å². The Kier molecular flexibility index (Phi) is 3.07. The molecule has 1 saturated carbocycles. The Hall–Kier alpha value is -0.820. The molecule has 1 aromatic carbocycles. The van der Waals surface area contributed by atoms with Gasteiger partial charge in [0.1, 0.15) is 0 Å². The van der Waals surface area contributed by atoms with Crippen LogP contribution in [0.4, 0.5) is 0 Å². The quantitative estimate of drug-likeness (QED) is 0.796. The van der Waals surface area contributed by atoms with Gasteiger partial charge in [-0.15, -0.1) is 0 Å². The Balaban J connectivity index is 2.12. The van der Waals surface area contributed by atoms with Gasteiger partial charge < -0.3 is 5.73 Å². The van der Waals surface area contributed by atoms with E-state index in [2.05, 4.69) is 45.0 Å². The lowest BCUT2D eigenvalue weighted by atomic mass is 9.78. The molecule has 1 unspecified atom stereocenters. The van der Waals surface area contributed by atoms with Crippen LogP contribution in [0.5, 0.6) is 0 Å². The molecule has 0 amide bonds. The van der Waals surface area contributed by atoms with Crippen molar-refractivity contribution in [3.05, 3.63) is 35.4 Å². The maximum Gasteiger partial charge on any atom is 0.0344 e. The van der Waals surface area contributed by atoms with Crippen LogP contribution >= 0.6 is 0 Å². The molecule has 1 aromatic rings. The third kappa shape index (κ3) is 2.30. The van der Waals surface area contributed by atoms with Crippen LogP contribution in [-0.4, -0.2) is 0 Å². The van der Waals surface area contributed by atoms with Crippen LogP contribution in [0.15, 0.2) is 24.3 Å². The molecule has 0 spiro atoms. The van der Waals surface area contributed by atoms with Gasteiger partial charge in [0.15, 0.2) is 0 Å². The van der Waals surface area contributed by atoms with E-state index in [1.165, 1.54) is 30.4 Å². The molecule has 16 heavy (non-hydrogen) atoms. The monoisotopic (exact) mass is 217 g/mol. The van der Waals surface area contributed by atoms with Crippen molar-refractivity contribution in [1.82, 2.24) is 0 Å². The van der Waals surface area contributed by atoms with E-state index >= 15 is 0 Å². The normalized spacial score (nSPS) is 19.2. The molecule has 2 N–H and O–H groups in total. The van der Waals surface area contributed by atoms with Gasteiger partial charge in [0.05, 0.1) is 0 Å². The minimum absolute atomic E-state index is 0.128. The second-order valence-corrected chi connectivity index (χ2v) is 6.14. The van der Waals surface area contributed by atoms with Crippen LogP contribution < -0.4 is 5.73 Å². The van der Waals surface area contributed by atoms with Crippen molar-refractivity contribution >= 4 is 0 Å². The molecule has 0 saturated heterocycles. The predicted molar refractivity (Wildman–Crippen MR) is 69.4 cm³/mol. The van der Waals surface area contributed by atoms with E-state index in [9.17, 15) is 0 Å². The van der Waals surface area contributed by atoms with Gasteiger partial charge in [0.2, 0.25) is 0 Å². The summed E-state index contributed by atoms with van der Waals surface area (Å²) < 4.78 is 0. The molecule has 1 aliphatic carbocycles. The fourth-order valence-electron chi connectivity index (χ4n) is 2.22. The number of nitrogens with two attached hydrogens (primary N) is 1. The summed E-state index contributed by atoms with van der Waals surface area (Å²) in [4.78, 5) is 0. The largest absolute Gasteiger partial charge is 0.324 e. The minimum Gasteiger partial charge on any atom is -0.324 e. The molecule has 0 aromatic heterocycles. The molecule has 1 heteroatoms. The summed E-state index contributed by atoms with van der Waals surface area (Å²) in [5.41, 5.74) is 9.14. The van der Waals surface area contributed by atoms with Gasteiger partial charge in [-0.25, -0.2) is 0 Å². The number of rotatable bonds is 2. The fraction of sp³-hybridized carbons (Fsp3) is 0.600. The highest BCUT2D eigenvalue weighted by atomic mass is 14.7. The third-order valence-electron chi connectivity index (χ3n) is 3.81. The van der Waals surface area contributed by atoms with Crippen molar-refractivity contribution in [3.63, 3.8) is 0 Å². The summed E-state index contributed by atoms with van der Waals surface area (Å²) in [7, 11) is 0. The van der Waals surface area contributed by atoms with E-state index in [4.69, 9.17) is 5.73 Å². The number of hydrogen-bond acceptors (Lipinski definition) is 1. The van der Waals surface area contributed by atoms with Gasteiger partial charge in [-0.3, -0.25) is 0 Å². The maximum absolute atomic E-state index is 6.24. The minimum atomic E-state index is 0.128. The zero-order valence-electron chi connectivity index (χ0n) is 10.7. The summed E-state index contributed by atoms with van der Waals surface area (Å²) >= 11 is 0. The van der Waals surface area contributed by atoms with Crippen LogP contribution in [0, 0.1) is 5.41 Å². The summed E-state index contributed by atoms with van der Waals surface area (Å²) in [5.74, 6) is 0.819. The number of benzene rings is 1. The smallest absolute Gasteiger partial charge is 0.0344 e. The maximum atomic E-state index is 6.24. The first-order valence-corrected chi connectivity index (χ1v) is 6.34. The first-order chi connectivity index (χ1) is 7.48. The van der Waals surface area contributed by atoms with Gasteiger partial charge in [-0.1, -0.05) is 51.5 Å². The van der Waals surface area contributed by atoms with Crippen molar-refractivity contribution in [3.8, 4) is 0 Å². The molecule has 0 radical (unpaired) electrons. The SMILES string of the molecule is CC(C)(C)C(N)c1ccc(C2CCC2)cc1. The topological polar surface area (TPSA) is 26.0 Å². The second kappa shape index (κ2) is 4.21. The van der Waals surface area contributed by atoms with Gasteiger partial charge in [0, 0.05) is 6.04 Å². The molecular weight excluding hydrogens is 194 g/mol. The standard InChI is InChI=1S/C15H23N/c1-15(2,3)14(16)13-9-7-12(8-10-13)11-5-4-6-11/h7-11,14H,4-6,16H2,1-3H3. The lowest BCUT2D eigenvalue weighted by Gasteiger charge is -2.29. The molecule has 1 nitrogen and oxygen atoms in total. The summed E-state index contributed by atoms with van der Waals surface area (Å²) in [5, 5.41) is 0. The van der Waals surface area contributed by atoms with Crippen molar-refractivity contribution in [2.24, 2.45) is 11.1 Å². The highest BCUT2D eigenvalue weighted by molar-refractivity contribution is 5.29. The molecule has 0 bridgehead atoms. The second-order valence-electron chi connectivity index (χ2n) is 6.14. The lowest BCUT2D eigenvalue weighted by Crippen LogP contribution is -2.26. The average Bonchev–Trinajstić information content (AvgIpc) is 2.14. The Morgan fingerprint density at radius 1 is 1.12 bits per heavy atom. The van der Waals surface area contributed by atoms with Gasteiger partial charge in [-0.2, -0.15) is 0 Å². The molecule has 1 fully saturated rings. The van der Waals surface area contributed by atoms with E-state index in [-0.39, 0.29) is 11.5 Å². The van der Waals surface area contributed by atoms with Crippen molar-refractivity contribution in [2.45, 2.75) is 52.0 Å². The van der Waals surface area contributed by atoms with Crippen LogP contribution in [0.25, 0.3) is 0 Å². The van der Waals surface area contributed by atoms with Crippen molar-refractivity contribution < 1.29 is 0 Å². The van der Waals surface area contributed by atoms with Crippen LogP contribution in [0.2, 0.25) is 0 Å². The van der Waals surface area contributed by atoms with Gasteiger partial charge in [0.25, 0.3) is 0 Å². The summed E-state index contributed by atoms with van der Waals surface area (Å²) in [6, 6.07) is 9.09. The molecule has 2 rings (SSSR count). The highest BCUT2D eigenvalue weighted by Gasteiger charge is 2.23. The molecule has 1 atom stereocenters. The number of hydrogen-bond donors (Lipinski definition) is 1. The Labute approximate surface area is 99.0 Å². The van der Waals surface area contributed by atoms with Gasteiger partial charge >= 0.3 is 0 Å². The summed E-state index contributed by atoms with van der Waals surface area (Å²) in [6.07, 6.45) is 4.13.